The van der Waals surface area contributed by atoms with Crippen LogP contribution in [0.4, 0.5) is 11.5 Å². The molecule has 1 aliphatic heterocycles. The van der Waals surface area contributed by atoms with Crippen LogP contribution in [0.25, 0.3) is 5.52 Å². The molecule has 0 amide bonds. The minimum atomic E-state index is 0.729. The van der Waals surface area contributed by atoms with Crippen molar-refractivity contribution in [1.29, 1.82) is 0 Å². The Labute approximate surface area is 125 Å². The average molecular weight is 289 g/mol. The zero-order valence-corrected chi connectivity index (χ0v) is 12.9. The lowest BCUT2D eigenvalue weighted by Gasteiger charge is -2.39. The molecule has 6 nitrogen and oxygen atoms in total. The Bertz CT molecular complexity index is 608. The van der Waals surface area contributed by atoms with Gasteiger partial charge in [-0.25, -0.2) is 4.52 Å². The monoisotopic (exact) mass is 289 g/mol. The molecular formula is C15H25N6+. The highest BCUT2D eigenvalue weighted by atomic mass is 15.4. The summed E-state index contributed by atoms with van der Waals surface area (Å²) >= 11 is 0. The SMILES string of the molecule is C[N+]1(C)CCN(CCNc2nn3ccccc3c2N)CC1. The van der Waals surface area contributed by atoms with Crippen LogP contribution in [0, 0.1) is 0 Å². The number of nitrogens with two attached hydrogens (primary N) is 1. The van der Waals surface area contributed by atoms with Crippen LogP contribution in [-0.2, 0) is 0 Å². The van der Waals surface area contributed by atoms with Gasteiger partial charge in [0.1, 0.15) is 5.69 Å². The molecule has 2 aromatic rings. The highest BCUT2D eigenvalue weighted by molar-refractivity contribution is 5.80. The van der Waals surface area contributed by atoms with Gasteiger partial charge in [-0.1, -0.05) is 6.07 Å². The fraction of sp³-hybridized carbons (Fsp3) is 0.533. The second-order valence-corrected chi connectivity index (χ2v) is 6.44. The van der Waals surface area contributed by atoms with E-state index in [-0.39, 0.29) is 0 Å². The first-order chi connectivity index (χ1) is 10.1. The van der Waals surface area contributed by atoms with Gasteiger partial charge in [0.05, 0.1) is 32.7 Å². The van der Waals surface area contributed by atoms with Crippen molar-refractivity contribution in [2.45, 2.75) is 0 Å². The predicted octanol–water partition coefficient (Wildman–Crippen LogP) is 0.720. The van der Waals surface area contributed by atoms with Crippen molar-refractivity contribution in [1.82, 2.24) is 14.5 Å². The number of pyridine rings is 1. The summed E-state index contributed by atoms with van der Waals surface area (Å²) in [6, 6.07) is 5.92. The average Bonchev–Trinajstić information content (AvgIpc) is 2.78. The van der Waals surface area contributed by atoms with Crippen molar-refractivity contribution >= 4 is 17.0 Å². The number of hydrogen-bond donors (Lipinski definition) is 2. The molecule has 0 radical (unpaired) electrons. The number of nitrogens with one attached hydrogen (secondary N) is 1. The summed E-state index contributed by atoms with van der Waals surface area (Å²) in [7, 11) is 4.60. The molecular weight excluding hydrogens is 264 g/mol. The summed E-state index contributed by atoms with van der Waals surface area (Å²) in [6.07, 6.45) is 1.92. The van der Waals surface area contributed by atoms with E-state index in [2.05, 4.69) is 29.4 Å². The number of piperazine rings is 1. The van der Waals surface area contributed by atoms with Crippen molar-refractivity contribution in [3.63, 3.8) is 0 Å². The maximum atomic E-state index is 6.13. The molecule has 2 aromatic heterocycles. The Balaban J connectivity index is 1.54. The highest BCUT2D eigenvalue weighted by Gasteiger charge is 2.23. The smallest absolute Gasteiger partial charge is 0.172 e. The molecule has 6 heteroatoms. The maximum Gasteiger partial charge on any atom is 0.172 e. The van der Waals surface area contributed by atoms with Gasteiger partial charge in [-0.15, -0.1) is 5.10 Å². The Morgan fingerprint density at radius 1 is 1.29 bits per heavy atom. The van der Waals surface area contributed by atoms with E-state index in [1.54, 1.807) is 0 Å². The quantitative estimate of drug-likeness (QED) is 0.814. The van der Waals surface area contributed by atoms with Crippen LogP contribution in [0.15, 0.2) is 24.4 Å². The van der Waals surface area contributed by atoms with Crippen molar-refractivity contribution < 1.29 is 4.48 Å². The highest BCUT2D eigenvalue weighted by Crippen LogP contribution is 2.22. The molecule has 3 N–H and O–H groups in total. The molecule has 21 heavy (non-hydrogen) atoms. The summed E-state index contributed by atoms with van der Waals surface area (Å²) in [5, 5.41) is 7.84. The van der Waals surface area contributed by atoms with Crippen LogP contribution in [0.1, 0.15) is 0 Å². The van der Waals surface area contributed by atoms with Gasteiger partial charge in [0.2, 0.25) is 0 Å². The minimum Gasteiger partial charge on any atom is -0.394 e. The number of quaternary nitrogens is 1. The normalized spacial score (nSPS) is 19.0. The molecule has 0 spiro atoms. The number of nitrogens with zero attached hydrogens (tertiary/aromatic N) is 4. The fourth-order valence-electron chi connectivity index (χ4n) is 2.75. The second-order valence-electron chi connectivity index (χ2n) is 6.44. The zero-order chi connectivity index (χ0) is 14.9. The molecule has 0 atom stereocenters. The molecule has 3 rings (SSSR count). The van der Waals surface area contributed by atoms with Crippen LogP contribution in [0.5, 0.6) is 0 Å². The number of aromatic nitrogens is 2. The van der Waals surface area contributed by atoms with E-state index in [0.717, 1.165) is 47.7 Å². The lowest BCUT2D eigenvalue weighted by Crippen LogP contribution is -2.55. The summed E-state index contributed by atoms with van der Waals surface area (Å²) in [5.41, 5.74) is 7.82. The number of nitrogen functional groups attached to an aromatic ring is 1. The summed E-state index contributed by atoms with van der Waals surface area (Å²) in [6.45, 7) is 6.67. The molecule has 114 valence electrons. The third-order valence-electron chi connectivity index (χ3n) is 4.34. The van der Waals surface area contributed by atoms with Crippen molar-refractivity contribution in [3.8, 4) is 0 Å². The molecule has 0 aliphatic carbocycles. The van der Waals surface area contributed by atoms with E-state index in [0.29, 0.717) is 0 Å². The van der Waals surface area contributed by atoms with E-state index in [1.165, 1.54) is 13.1 Å². The van der Waals surface area contributed by atoms with Gasteiger partial charge in [0.25, 0.3) is 0 Å². The van der Waals surface area contributed by atoms with E-state index < -0.39 is 0 Å². The first-order valence-corrected chi connectivity index (χ1v) is 7.56. The molecule has 1 saturated heterocycles. The van der Waals surface area contributed by atoms with Gasteiger partial charge in [-0.3, -0.25) is 4.90 Å². The van der Waals surface area contributed by atoms with Gasteiger partial charge in [-0.2, -0.15) is 0 Å². The van der Waals surface area contributed by atoms with Gasteiger partial charge in [0.15, 0.2) is 5.82 Å². The lowest BCUT2D eigenvalue weighted by atomic mass is 10.3. The summed E-state index contributed by atoms with van der Waals surface area (Å²) < 4.78 is 2.95. The number of hydrogen-bond acceptors (Lipinski definition) is 4. The van der Waals surface area contributed by atoms with E-state index in [1.807, 2.05) is 28.9 Å². The van der Waals surface area contributed by atoms with Crippen LogP contribution < -0.4 is 11.1 Å². The van der Waals surface area contributed by atoms with Crippen molar-refractivity contribution in [2.24, 2.45) is 0 Å². The van der Waals surface area contributed by atoms with Gasteiger partial charge >= 0.3 is 0 Å². The first-order valence-electron chi connectivity index (χ1n) is 7.56. The Kier molecular flexibility index (Phi) is 3.73. The lowest BCUT2D eigenvalue weighted by molar-refractivity contribution is -0.894. The second kappa shape index (κ2) is 5.54. The minimum absolute atomic E-state index is 0.729. The Morgan fingerprint density at radius 2 is 2.05 bits per heavy atom. The zero-order valence-electron chi connectivity index (χ0n) is 12.9. The molecule has 0 bridgehead atoms. The van der Waals surface area contributed by atoms with Crippen LogP contribution in [0.2, 0.25) is 0 Å². The third kappa shape index (κ3) is 3.11. The molecule has 1 aliphatic rings. The van der Waals surface area contributed by atoms with Gasteiger partial charge in [0, 0.05) is 32.4 Å². The van der Waals surface area contributed by atoms with Crippen LogP contribution in [0.3, 0.4) is 0 Å². The van der Waals surface area contributed by atoms with Crippen LogP contribution >= 0.6 is 0 Å². The molecule has 3 heterocycles. The third-order valence-corrected chi connectivity index (χ3v) is 4.34. The number of fused-ring (bicyclic) bond motifs is 1. The van der Waals surface area contributed by atoms with E-state index in [4.69, 9.17) is 5.73 Å². The summed E-state index contributed by atoms with van der Waals surface area (Å²) in [5.74, 6) is 0.786. The Morgan fingerprint density at radius 3 is 2.76 bits per heavy atom. The number of likely N-dealkylation sites (N-methyl/N-ethyl adjacent to an activating group) is 1. The fourth-order valence-corrected chi connectivity index (χ4v) is 2.75. The molecule has 0 saturated carbocycles. The number of rotatable bonds is 4. The van der Waals surface area contributed by atoms with E-state index >= 15 is 0 Å². The Hall–Kier alpha value is -1.79. The summed E-state index contributed by atoms with van der Waals surface area (Å²) in [4.78, 5) is 2.50. The maximum absolute atomic E-state index is 6.13. The van der Waals surface area contributed by atoms with Gasteiger partial charge in [-0.05, 0) is 12.1 Å². The van der Waals surface area contributed by atoms with Crippen molar-refractivity contribution in [3.05, 3.63) is 24.4 Å². The van der Waals surface area contributed by atoms with Gasteiger partial charge < -0.3 is 15.5 Å². The largest absolute Gasteiger partial charge is 0.394 e. The first kappa shape index (κ1) is 14.2. The number of anilines is 2. The molecule has 1 fully saturated rings. The van der Waals surface area contributed by atoms with Crippen molar-refractivity contribution in [2.75, 3.05) is 64.4 Å². The van der Waals surface area contributed by atoms with E-state index in [9.17, 15) is 0 Å². The predicted molar refractivity (Wildman–Crippen MR) is 86.4 cm³/mol. The van der Waals surface area contributed by atoms with Crippen LogP contribution in [-0.4, -0.2) is 72.4 Å². The molecule has 0 unspecified atom stereocenters. The standard InChI is InChI=1S/C15H25N6/c1-21(2)11-9-19(10-12-21)8-6-17-15-14(16)13-5-3-4-7-20(13)18-15/h3-5,7H,6,8-12,16H2,1-2H3,(H,17,18)/q+1. The topological polar surface area (TPSA) is 58.6 Å². The molecule has 0 aromatic carbocycles.